The van der Waals surface area contributed by atoms with Crippen LogP contribution in [-0.2, 0) is 4.79 Å². The Hall–Kier alpha value is -1.86. The molecular formula is C12H12NO2+. The molecule has 3 nitrogen and oxygen atoms in total. The Bertz CT molecular complexity index is 418. The Morgan fingerprint density at radius 3 is 2.27 bits per heavy atom. The smallest absolute Gasteiger partial charge is 0.415 e. The lowest BCUT2D eigenvalue weighted by Gasteiger charge is -2.14. The van der Waals surface area contributed by atoms with Crippen LogP contribution in [0.2, 0.25) is 0 Å². The molecular weight excluding hydrogens is 190 g/mol. The van der Waals surface area contributed by atoms with Crippen molar-refractivity contribution in [3.8, 4) is 0 Å². The third kappa shape index (κ3) is 1.58. The van der Waals surface area contributed by atoms with Crippen LogP contribution in [0.25, 0.3) is 0 Å². The van der Waals surface area contributed by atoms with Gasteiger partial charge in [0.05, 0.1) is 0 Å². The largest absolute Gasteiger partial charge is 0.471 e. The molecule has 1 unspecified atom stereocenters. The van der Waals surface area contributed by atoms with Crippen LogP contribution in [0.1, 0.15) is 11.5 Å². The maximum absolute atomic E-state index is 11.2. The van der Waals surface area contributed by atoms with Gasteiger partial charge in [0, 0.05) is 19.8 Å². The third-order valence-electron chi connectivity index (χ3n) is 2.53. The van der Waals surface area contributed by atoms with E-state index >= 15 is 0 Å². The van der Waals surface area contributed by atoms with Gasteiger partial charge in [-0.25, -0.2) is 4.79 Å². The molecule has 15 heavy (non-hydrogen) atoms. The summed E-state index contributed by atoms with van der Waals surface area (Å²) in [7, 11) is 3.91. The molecule has 0 bridgehead atoms. The van der Waals surface area contributed by atoms with E-state index in [0.29, 0.717) is 0 Å². The summed E-state index contributed by atoms with van der Waals surface area (Å²) in [6, 6.07) is 7.56. The lowest BCUT2D eigenvalue weighted by Crippen LogP contribution is -2.23. The first-order valence-corrected chi connectivity index (χ1v) is 4.73. The van der Waals surface area contributed by atoms with E-state index in [0.717, 1.165) is 11.3 Å². The number of allylic oxidation sites excluding steroid dienone is 2. The van der Waals surface area contributed by atoms with E-state index in [2.05, 4.69) is 6.08 Å². The fraction of sp³-hybridized carbons (Fsp3) is 0.250. The summed E-state index contributed by atoms with van der Waals surface area (Å²) in [6.07, 6.45) is 2.31. The fourth-order valence-electron chi connectivity index (χ4n) is 1.59. The van der Waals surface area contributed by atoms with Gasteiger partial charge in [-0.3, -0.25) is 0 Å². The molecule has 0 saturated heterocycles. The Balaban J connectivity index is 2.25. The second kappa shape index (κ2) is 3.37. The lowest BCUT2D eigenvalue weighted by atomic mass is 9.84. The summed E-state index contributed by atoms with van der Waals surface area (Å²) in [5, 5.41) is 9.28. The molecule has 0 fully saturated rings. The zero-order valence-corrected chi connectivity index (χ0v) is 8.69. The van der Waals surface area contributed by atoms with E-state index in [4.69, 9.17) is 0 Å². The average Bonchev–Trinajstić information content (AvgIpc) is 2.18. The van der Waals surface area contributed by atoms with Crippen molar-refractivity contribution < 1.29 is 9.90 Å². The van der Waals surface area contributed by atoms with Crippen molar-refractivity contribution in [3.63, 3.8) is 0 Å². The van der Waals surface area contributed by atoms with E-state index in [1.54, 1.807) is 0 Å². The Kier molecular flexibility index (Phi) is 2.18. The highest BCUT2D eigenvalue weighted by Gasteiger charge is 2.49. The summed E-state index contributed by atoms with van der Waals surface area (Å²) in [6.45, 7) is 0. The van der Waals surface area contributed by atoms with E-state index in [1.807, 2.05) is 43.3 Å². The van der Waals surface area contributed by atoms with Gasteiger partial charge in [0.25, 0.3) is 0 Å². The van der Waals surface area contributed by atoms with Crippen LogP contribution < -0.4 is 4.90 Å². The number of aliphatic hydroxyl groups is 1. The lowest BCUT2D eigenvalue weighted by molar-refractivity contribution is -0.118. The molecule has 0 saturated carbocycles. The number of aliphatic hydroxyl groups excluding tert-OH is 1. The van der Waals surface area contributed by atoms with Gasteiger partial charge in [-0.2, -0.15) is 0 Å². The Labute approximate surface area is 88.6 Å². The maximum Gasteiger partial charge on any atom is 0.415 e. The number of Topliss-reactive ketones (excluding diaryl/α,β-unsaturated/α-hetero) is 1. The first-order valence-electron chi connectivity index (χ1n) is 4.73. The minimum atomic E-state index is -0.485. The highest BCUT2D eigenvalue weighted by Crippen LogP contribution is 2.31. The number of rotatable bonds is 2. The fourth-order valence-corrected chi connectivity index (χ4v) is 1.59. The summed E-state index contributed by atoms with van der Waals surface area (Å²) >= 11 is 0. The Morgan fingerprint density at radius 1 is 1.27 bits per heavy atom. The van der Waals surface area contributed by atoms with Crippen LogP contribution in [0.15, 0.2) is 30.0 Å². The number of nitrogens with zero attached hydrogens (tertiary/aromatic N) is 1. The van der Waals surface area contributed by atoms with Crippen molar-refractivity contribution in [2.75, 3.05) is 19.0 Å². The van der Waals surface area contributed by atoms with Crippen LogP contribution in [0, 0.1) is 6.08 Å². The first-order chi connectivity index (χ1) is 7.09. The summed E-state index contributed by atoms with van der Waals surface area (Å²) in [5.41, 5.74) is 1.89. The van der Waals surface area contributed by atoms with Crippen molar-refractivity contribution in [2.24, 2.45) is 0 Å². The van der Waals surface area contributed by atoms with Crippen LogP contribution in [-0.4, -0.2) is 25.0 Å². The van der Waals surface area contributed by atoms with Gasteiger partial charge in [0.15, 0.2) is 0 Å². The van der Waals surface area contributed by atoms with Crippen LogP contribution in [0.4, 0.5) is 5.69 Å². The molecule has 1 atom stereocenters. The van der Waals surface area contributed by atoms with Gasteiger partial charge >= 0.3 is 17.6 Å². The molecule has 1 aromatic carbocycles. The quantitative estimate of drug-likeness (QED) is 0.741. The highest BCUT2D eigenvalue weighted by atomic mass is 16.3. The van der Waals surface area contributed by atoms with Crippen molar-refractivity contribution in [1.82, 2.24) is 0 Å². The van der Waals surface area contributed by atoms with Gasteiger partial charge in [0.2, 0.25) is 5.92 Å². The van der Waals surface area contributed by atoms with Gasteiger partial charge < -0.3 is 10.0 Å². The normalized spacial score (nSPS) is 18.9. The number of carbonyl (C=O) groups is 1. The summed E-state index contributed by atoms with van der Waals surface area (Å²) < 4.78 is 0. The SMILES string of the molecule is CN(C)c1ccc(C2C(=O)[C+]=C2O)cc1. The van der Waals surface area contributed by atoms with E-state index in [9.17, 15) is 9.90 Å². The van der Waals surface area contributed by atoms with E-state index in [1.165, 1.54) is 0 Å². The van der Waals surface area contributed by atoms with Crippen LogP contribution in [0.3, 0.4) is 0 Å². The summed E-state index contributed by atoms with van der Waals surface area (Å²) in [4.78, 5) is 13.1. The first kappa shape index (κ1) is 9.69. The minimum absolute atomic E-state index is 0.0394. The molecule has 1 N–H and O–H groups in total. The van der Waals surface area contributed by atoms with Gasteiger partial charge in [0.1, 0.15) is 0 Å². The Morgan fingerprint density at radius 2 is 1.87 bits per heavy atom. The zero-order valence-electron chi connectivity index (χ0n) is 8.69. The topological polar surface area (TPSA) is 40.5 Å². The number of hydrogen-bond donors (Lipinski definition) is 1. The summed E-state index contributed by atoms with van der Waals surface area (Å²) in [5.74, 6) is -0.594. The second-order valence-corrected chi connectivity index (χ2v) is 3.79. The van der Waals surface area contributed by atoms with Crippen molar-refractivity contribution in [3.05, 3.63) is 41.7 Å². The zero-order chi connectivity index (χ0) is 11.0. The molecule has 0 amide bonds. The second-order valence-electron chi connectivity index (χ2n) is 3.79. The van der Waals surface area contributed by atoms with Crippen LogP contribution >= 0.6 is 0 Å². The predicted octanol–water partition coefficient (Wildman–Crippen LogP) is 1.66. The number of benzene rings is 1. The molecule has 76 valence electrons. The number of carbonyl (C=O) groups excluding carboxylic acids is 1. The molecule has 0 radical (unpaired) electrons. The molecule has 1 aromatic rings. The van der Waals surface area contributed by atoms with Crippen molar-refractivity contribution in [2.45, 2.75) is 5.92 Å². The molecule has 3 heteroatoms. The van der Waals surface area contributed by atoms with Gasteiger partial charge in [-0.15, -0.1) is 0 Å². The third-order valence-corrected chi connectivity index (χ3v) is 2.53. The standard InChI is InChI=1S/C12H11NO2/c1-13(2)9-5-3-8(4-6-9)12-10(14)7-11(12)15/h3-6,12H,1-2H3/p+1. The molecule has 0 aliphatic heterocycles. The molecule has 0 spiro atoms. The monoisotopic (exact) mass is 202 g/mol. The molecule has 1 aliphatic carbocycles. The van der Waals surface area contributed by atoms with Crippen molar-refractivity contribution in [1.29, 1.82) is 0 Å². The number of ketones is 1. The van der Waals surface area contributed by atoms with Gasteiger partial charge in [-0.05, 0) is 17.7 Å². The molecule has 2 rings (SSSR count). The predicted molar refractivity (Wildman–Crippen MR) is 57.9 cm³/mol. The highest BCUT2D eigenvalue weighted by molar-refractivity contribution is 6.01. The number of anilines is 1. The maximum atomic E-state index is 11.2. The minimum Gasteiger partial charge on any atom is -0.471 e. The average molecular weight is 202 g/mol. The van der Waals surface area contributed by atoms with Gasteiger partial charge in [-0.1, -0.05) is 12.1 Å². The molecule has 0 heterocycles. The van der Waals surface area contributed by atoms with Crippen LogP contribution in [0.5, 0.6) is 0 Å². The molecule has 1 aliphatic rings. The van der Waals surface area contributed by atoms with E-state index < -0.39 is 5.92 Å². The molecule has 0 aromatic heterocycles. The number of hydrogen-bond acceptors (Lipinski definition) is 3. The van der Waals surface area contributed by atoms with Crippen molar-refractivity contribution >= 4 is 11.5 Å². The van der Waals surface area contributed by atoms with E-state index in [-0.39, 0.29) is 11.5 Å².